The maximum absolute atomic E-state index is 13.1. The molecule has 3 aromatic carbocycles. The Morgan fingerprint density at radius 3 is 2.47 bits per heavy atom. The Morgan fingerprint density at radius 1 is 1.03 bits per heavy atom. The molecule has 1 amide bonds. The number of benzene rings is 3. The summed E-state index contributed by atoms with van der Waals surface area (Å²) in [5, 5.41) is 9.77. The third kappa shape index (κ3) is 4.86. The molecule has 0 bridgehead atoms. The molecule has 1 aliphatic heterocycles. The summed E-state index contributed by atoms with van der Waals surface area (Å²) in [6, 6.07) is 23.2. The lowest BCUT2D eigenvalue weighted by atomic mass is 9.93. The van der Waals surface area contributed by atoms with Gasteiger partial charge in [-0.3, -0.25) is 4.79 Å². The van der Waals surface area contributed by atoms with Crippen molar-refractivity contribution in [3.63, 3.8) is 0 Å². The number of carbonyl (C=O) groups is 2. The number of hydrogen-bond donors (Lipinski definition) is 1. The minimum Gasteiger partial charge on any atom is -0.493 e. The predicted octanol–water partition coefficient (Wildman–Crippen LogP) is 4.92. The van der Waals surface area contributed by atoms with E-state index in [9.17, 15) is 14.7 Å². The third-order valence-electron chi connectivity index (χ3n) is 6.40. The second-order valence-electron chi connectivity index (χ2n) is 8.77. The number of carbonyl (C=O) groups excluding carboxylic acids is 1. The molecular weight excluding hydrogens is 456 g/mol. The van der Waals surface area contributed by atoms with Gasteiger partial charge >= 0.3 is 5.97 Å². The number of ether oxygens (including phenoxy) is 1. The molecule has 1 atom stereocenters. The fourth-order valence-corrected chi connectivity index (χ4v) is 4.46. The van der Waals surface area contributed by atoms with Crippen LogP contribution in [0, 0.1) is 6.92 Å². The van der Waals surface area contributed by atoms with Gasteiger partial charge in [0.2, 0.25) is 5.89 Å². The Hall–Kier alpha value is -4.39. The molecule has 36 heavy (non-hydrogen) atoms. The lowest BCUT2D eigenvalue weighted by Gasteiger charge is -2.34. The molecule has 7 heteroatoms. The molecule has 182 valence electrons. The van der Waals surface area contributed by atoms with Crippen LogP contribution < -0.4 is 4.74 Å². The van der Waals surface area contributed by atoms with Gasteiger partial charge in [-0.25, -0.2) is 9.78 Å². The van der Waals surface area contributed by atoms with Crippen molar-refractivity contribution in [2.24, 2.45) is 0 Å². The number of oxazole rings is 1. The van der Waals surface area contributed by atoms with Gasteiger partial charge in [0.25, 0.3) is 5.91 Å². The summed E-state index contributed by atoms with van der Waals surface area (Å²) < 4.78 is 11.8. The molecule has 0 unspecified atom stereocenters. The van der Waals surface area contributed by atoms with Crippen LogP contribution in [-0.4, -0.2) is 39.5 Å². The number of rotatable bonds is 7. The van der Waals surface area contributed by atoms with E-state index in [1.165, 1.54) is 4.90 Å². The van der Waals surface area contributed by atoms with E-state index in [0.29, 0.717) is 30.2 Å². The highest BCUT2D eigenvalue weighted by Gasteiger charge is 2.35. The quantitative estimate of drug-likeness (QED) is 0.402. The number of carboxylic acid groups (broad SMARTS) is 1. The molecule has 1 N–H and O–H groups in total. The number of amides is 1. The summed E-state index contributed by atoms with van der Waals surface area (Å²) in [4.78, 5) is 31.1. The van der Waals surface area contributed by atoms with Gasteiger partial charge in [-0.05, 0) is 54.4 Å². The van der Waals surface area contributed by atoms with Crippen molar-refractivity contribution in [1.82, 2.24) is 9.88 Å². The van der Waals surface area contributed by atoms with Crippen molar-refractivity contribution >= 4 is 11.9 Å². The van der Waals surface area contributed by atoms with Crippen molar-refractivity contribution < 1.29 is 23.8 Å². The zero-order valence-electron chi connectivity index (χ0n) is 19.9. The first-order chi connectivity index (χ1) is 17.5. The van der Waals surface area contributed by atoms with Crippen LogP contribution in [0.25, 0.3) is 11.5 Å². The molecule has 0 aliphatic carbocycles. The Bertz CT molecular complexity index is 1380. The Labute approximate surface area is 209 Å². The smallest absolute Gasteiger partial charge is 0.326 e. The highest BCUT2D eigenvalue weighted by atomic mass is 16.5. The van der Waals surface area contributed by atoms with Crippen molar-refractivity contribution in [2.75, 3.05) is 6.61 Å². The van der Waals surface area contributed by atoms with Gasteiger partial charge in [-0.15, -0.1) is 0 Å². The van der Waals surface area contributed by atoms with E-state index >= 15 is 0 Å². The molecule has 0 fully saturated rings. The van der Waals surface area contributed by atoms with Crippen LogP contribution in [0.3, 0.4) is 0 Å². The summed E-state index contributed by atoms with van der Waals surface area (Å²) in [7, 11) is 0. The molecule has 0 saturated carbocycles. The molecule has 0 spiro atoms. The van der Waals surface area contributed by atoms with Gasteiger partial charge in [0.05, 0.1) is 12.3 Å². The van der Waals surface area contributed by atoms with E-state index in [1.54, 1.807) is 24.3 Å². The van der Waals surface area contributed by atoms with Gasteiger partial charge in [-0.1, -0.05) is 42.5 Å². The van der Waals surface area contributed by atoms with Crippen LogP contribution in [0.5, 0.6) is 5.75 Å². The van der Waals surface area contributed by atoms with Crippen LogP contribution in [0.1, 0.15) is 32.9 Å². The molecule has 5 rings (SSSR count). The first-order valence-electron chi connectivity index (χ1n) is 11.8. The SMILES string of the molecule is Cc1oc(-c2ccccc2)nc1CCOc1ccc2c(c1)CN(C(=O)c1ccccc1)[C@H](C(=O)O)C2. The number of aliphatic carboxylic acids is 1. The number of aromatic nitrogens is 1. The van der Waals surface area contributed by atoms with E-state index in [-0.39, 0.29) is 18.9 Å². The minimum absolute atomic E-state index is 0.208. The van der Waals surface area contributed by atoms with E-state index in [2.05, 4.69) is 4.98 Å². The Kier molecular flexibility index (Phi) is 6.54. The van der Waals surface area contributed by atoms with Gasteiger partial charge in [0.1, 0.15) is 17.6 Å². The number of nitrogens with zero attached hydrogens (tertiary/aromatic N) is 2. The molecule has 0 radical (unpaired) electrons. The van der Waals surface area contributed by atoms with Crippen LogP contribution >= 0.6 is 0 Å². The lowest BCUT2D eigenvalue weighted by Crippen LogP contribution is -2.48. The van der Waals surface area contributed by atoms with Crippen molar-refractivity contribution in [3.05, 3.63) is 107 Å². The van der Waals surface area contributed by atoms with Gasteiger partial charge in [-0.2, -0.15) is 0 Å². The predicted molar refractivity (Wildman–Crippen MR) is 134 cm³/mol. The maximum atomic E-state index is 13.1. The number of aryl methyl sites for hydroxylation is 1. The highest BCUT2D eigenvalue weighted by Crippen LogP contribution is 2.29. The van der Waals surface area contributed by atoms with Crippen LogP contribution in [-0.2, 0) is 24.2 Å². The summed E-state index contributed by atoms with van der Waals surface area (Å²) >= 11 is 0. The minimum atomic E-state index is -1.01. The van der Waals surface area contributed by atoms with Gasteiger partial charge < -0.3 is 19.2 Å². The standard InChI is InChI=1S/C29H26N2O5/c1-19-25(30-27(36-19)20-8-4-2-5-9-20)14-15-35-24-13-12-22-17-26(29(33)34)31(18-23(22)16-24)28(32)21-10-6-3-7-11-21/h2-13,16,26H,14-15,17-18H2,1H3,(H,33,34)/t26-/m0/s1. The van der Waals surface area contributed by atoms with Crippen molar-refractivity contribution in [2.45, 2.75) is 32.4 Å². The average molecular weight is 483 g/mol. The summed E-state index contributed by atoms with van der Waals surface area (Å²) in [5.74, 6) is 0.712. The molecule has 7 nitrogen and oxygen atoms in total. The number of fused-ring (bicyclic) bond motifs is 1. The first kappa shape index (κ1) is 23.4. The van der Waals surface area contributed by atoms with E-state index < -0.39 is 12.0 Å². The molecule has 1 aromatic heterocycles. The Balaban J connectivity index is 1.28. The molecule has 2 heterocycles. The molecule has 1 aliphatic rings. The molecule has 0 saturated heterocycles. The van der Waals surface area contributed by atoms with Crippen LogP contribution in [0.15, 0.2) is 83.3 Å². The largest absolute Gasteiger partial charge is 0.493 e. The third-order valence-corrected chi connectivity index (χ3v) is 6.40. The fraction of sp³-hybridized carbons (Fsp3) is 0.207. The number of carboxylic acids is 1. The topological polar surface area (TPSA) is 92.9 Å². The van der Waals surface area contributed by atoms with E-state index in [0.717, 1.165) is 28.1 Å². The van der Waals surface area contributed by atoms with Crippen molar-refractivity contribution in [3.8, 4) is 17.2 Å². The molecular formula is C29H26N2O5. The summed E-state index contributed by atoms with van der Waals surface area (Å²) in [6.07, 6.45) is 0.836. The average Bonchev–Trinajstić information content (AvgIpc) is 3.28. The monoisotopic (exact) mass is 482 g/mol. The number of hydrogen-bond acceptors (Lipinski definition) is 5. The van der Waals surface area contributed by atoms with Gasteiger partial charge in [0, 0.05) is 30.5 Å². The highest BCUT2D eigenvalue weighted by molar-refractivity contribution is 5.97. The second-order valence-corrected chi connectivity index (χ2v) is 8.77. The zero-order chi connectivity index (χ0) is 25.1. The van der Waals surface area contributed by atoms with Crippen molar-refractivity contribution in [1.29, 1.82) is 0 Å². The zero-order valence-corrected chi connectivity index (χ0v) is 19.9. The van der Waals surface area contributed by atoms with E-state index in [4.69, 9.17) is 9.15 Å². The summed E-state index contributed by atoms with van der Waals surface area (Å²) in [5.41, 5.74) is 4.04. The summed E-state index contributed by atoms with van der Waals surface area (Å²) in [6.45, 7) is 2.51. The Morgan fingerprint density at radius 2 is 1.75 bits per heavy atom. The van der Waals surface area contributed by atoms with Crippen LogP contribution in [0.2, 0.25) is 0 Å². The maximum Gasteiger partial charge on any atom is 0.326 e. The normalized spacial score (nSPS) is 14.8. The first-order valence-corrected chi connectivity index (χ1v) is 11.8. The van der Waals surface area contributed by atoms with Gasteiger partial charge in [0.15, 0.2) is 0 Å². The fourth-order valence-electron chi connectivity index (χ4n) is 4.46. The second kappa shape index (κ2) is 10.1. The lowest BCUT2D eigenvalue weighted by molar-refractivity contribution is -0.142. The molecule has 4 aromatic rings. The van der Waals surface area contributed by atoms with Crippen LogP contribution in [0.4, 0.5) is 0 Å². The van der Waals surface area contributed by atoms with E-state index in [1.807, 2.05) is 61.5 Å².